The summed E-state index contributed by atoms with van der Waals surface area (Å²) in [5.74, 6) is -1.58. The Morgan fingerprint density at radius 3 is 2.74 bits per heavy atom. The highest BCUT2D eigenvalue weighted by Gasteiger charge is 2.36. The average molecular weight is 438 g/mol. The average Bonchev–Trinajstić information content (AvgIpc) is 3.35. The third-order valence-electron chi connectivity index (χ3n) is 5.15. The van der Waals surface area contributed by atoms with E-state index in [4.69, 9.17) is 4.74 Å². The molecule has 8 heteroatoms. The third-order valence-corrected chi connectivity index (χ3v) is 6.24. The van der Waals surface area contributed by atoms with Crippen LogP contribution in [-0.4, -0.2) is 42.5 Å². The molecule has 0 bridgehead atoms. The van der Waals surface area contributed by atoms with E-state index in [9.17, 15) is 14.4 Å². The van der Waals surface area contributed by atoms with Crippen molar-refractivity contribution in [3.8, 4) is 0 Å². The lowest BCUT2D eigenvalue weighted by Crippen LogP contribution is -2.32. The highest BCUT2D eigenvalue weighted by atomic mass is 32.1. The first kappa shape index (κ1) is 21.0. The number of rotatable bonds is 7. The Balaban J connectivity index is 1.20. The summed E-state index contributed by atoms with van der Waals surface area (Å²) in [5, 5.41) is 3.69. The number of hydrogen-bond acceptors (Lipinski definition) is 6. The number of amides is 2. The summed E-state index contributed by atoms with van der Waals surface area (Å²) in [7, 11) is 0. The van der Waals surface area contributed by atoms with E-state index in [0.717, 1.165) is 26.5 Å². The van der Waals surface area contributed by atoms with Gasteiger partial charge in [-0.2, -0.15) is 0 Å². The van der Waals surface area contributed by atoms with Crippen LogP contribution in [0, 0.1) is 12.8 Å². The Morgan fingerprint density at radius 1 is 1.19 bits per heavy atom. The molecule has 1 unspecified atom stereocenters. The SMILES string of the molecule is Cc1ccc(N2CC(C(=O)OCC(=O)NCCc3nc4ccccc4s3)CC2=O)cc1. The number of aromatic nitrogens is 1. The molecule has 160 valence electrons. The van der Waals surface area contributed by atoms with Crippen LogP contribution in [0.4, 0.5) is 5.69 Å². The molecule has 31 heavy (non-hydrogen) atoms. The number of nitrogens with one attached hydrogen (secondary N) is 1. The molecule has 2 amide bonds. The van der Waals surface area contributed by atoms with Crippen LogP contribution in [0.15, 0.2) is 48.5 Å². The number of anilines is 1. The lowest BCUT2D eigenvalue weighted by Gasteiger charge is -2.16. The number of aryl methyl sites for hydroxylation is 1. The van der Waals surface area contributed by atoms with Gasteiger partial charge in [-0.25, -0.2) is 4.98 Å². The number of ether oxygens (including phenoxy) is 1. The minimum absolute atomic E-state index is 0.0892. The summed E-state index contributed by atoms with van der Waals surface area (Å²) in [6.45, 7) is 2.30. The predicted octanol–water partition coefficient (Wildman–Crippen LogP) is 2.86. The fourth-order valence-corrected chi connectivity index (χ4v) is 4.45. The van der Waals surface area contributed by atoms with Gasteiger partial charge in [0.2, 0.25) is 5.91 Å². The van der Waals surface area contributed by atoms with Crippen LogP contribution in [0.25, 0.3) is 10.2 Å². The smallest absolute Gasteiger partial charge is 0.311 e. The Morgan fingerprint density at radius 2 is 1.97 bits per heavy atom. The van der Waals surface area contributed by atoms with Crippen molar-refractivity contribution in [1.29, 1.82) is 0 Å². The number of hydrogen-bond donors (Lipinski definition) is 1. The monoisotopic (exact) mass is 437 g/mol. The van der Waals surface area contributed by atoms with Crippen LogP contribution in [0.3, 0.4) is 0 Å². The van der Waals surface area contributed by atoms with Crippen LogP contribution in [0.5, 0.6) is 0 Å². The molecular weight excluding hydrogens is 414 g/mol. The van der Waals surface area contributed by atoms with Gasteiger partial charge in [-0.1, -0.05) is 29.8 Å². The van der Waals surface area contributed by atoms with Crippen molar-refractivity contribution in [3.63, 3.8) is 0 Å². The molecule has 1 fully saturated rings. The van der Waals surface area contributed by atoms with E-state index >= 15 is 0 Å². The Bertz CT molecular complexity index is 1080. The maximum absolute atomic E-state index is 12.3. The van der Waals surface area contributed by atoms with Crippen molar-refractivity contribution in [2.24, 2.45) is 5.92 Å². The van der Waals surface area contributed by atoms with Crippen LogP contribution >= 0.6 is 11.3 Å². The van der Waals surface area contributed by atoms with Gasteiger partial charge in [-0.3, -0.25) is 14.4 Å². The third kappa shape index (κ3) is 5.08. The van der Waals surface area contributed by atoms with Crippen molar-refractivity contribution in [2.75, 3.05) is 24.6 Å². The van der Waals surface area contributed by atoms with E-state index in [1.807, 2.05) is 55.5 Å². The molecule has 1 aliphatic rings. The fraction of sp³-hybridized carbons (Fsp3) is 0.304. The molecule has 4 rings (SSSR count). The van der Waals surface area contributed by atoms with Gasteiger partial charge in [0.05, 0.1) is 21.1 Å². The van der Waals surface area contributed by atoms with Crippen LogP contribution in [0.1, 0.15) is 17.0 Å². The van der Waals surface area contributed by atoms with Gasteiger partial charge in [-0.15, -0.1) is 11.3 Å². The summed E-state index contributed by atoms with van der Waals surface area (Å²) >= 11 is 1.60. The van der Waals surface area contributed by atoms with Gasteiger partial charge in [0.1, 0.15) is 0 Å². The Kier molecular flexibility index (Phi) is 6.27. The van der Waals surface area contributed by atoms with Crippen LogP contribution in [-0.2, 0) is 25.5 Å². The van der Waals surface area contributed by atoms with Gasteiger partial charge in [0.25, 0.3) is 5.91 Å². The number of carbonyl (C=O) groups excluding carboxylic acids is 3. The number of para-hydroxylation sites is 1. The molecule has 1 aromatic heterocycles. The maximum Gasteiger partial charge on any atom is 0.311 e. The van der Waals surface area contributed by atoms with E-state index in [2.05, 4.69) is 10.3 Å². The second kappa shape index (κ2) is 9.26. The van der Waals surface area contributed by atoms with Crippen molar-refractivity contribution in [1.82, 2.24) is 10.3 Å². The van der Waals surface area contributed by atoms with Crippen molar-refractivity contribution >= 4 is 45.0 Å². The van der Waals surface area contributed by atoms with E-state index in [-0.39, 0.29) is 31.4 Å². The summed E-state index contributed by atoms with van der Waals surface area (Å²) in [6.07, 6.45) is 0.702. The molecule has 3 aromatic rings. The van der Waals surface area contributed by atoms with Crippen molar-refractivity contribution in [2.45, 2.75) is 19.8 Å². The molecule has 1 aliphatic heterocycles. The quantitative estimate of drug-likeness (QED) is 0.574. The summed E-state index contributed by atoms with van der Waals surface area (Å²) in [6, 6.07) is 15.5. The number of nitrogens with zero attached hydrogens (tertiary/aromatic N) is 2. The molecule has 1 N–H and O–H groups in total. The van der Waals surface area contributed by atoms with E-state index in [0.29, 0.717) is 13.0 Å². The lowest BCUT2D eigenvalue weighted by atomic mass is 10.1. The minimum Gasteiger partial charge on any atom is -0.455 e. The van der Waals surface area contributed by atoms with Crippen LogP contribution < -0.4 is 10.2 Å². The maximum atomic E-state index is 12.3. The molecule has 0 saturated carbocycles. The van der Waals surface area contributed by atoms with Crippen LogP contribution in [0.2, 0.25) is 0 Å². The molecule has 1 saturated heterocycles. The number of esters is 1. The summed E-state index contributed by atoms with van der Waals surface area (Å²) < 4.78 is 6.26. The Labute approximate surface area is 184 Å². The second-order valence-corrected chi connectivity index (χ2v) is 8.64. The molecule has 0 radical (unpaired) electrons. The normalized spacial score (nSPS) is 16.0. The molecule has 1 atom stereocenters. The number of carbonyl (C=O) groups is 3. The fourth-order valence-electron chi connectivity index (χ4n) is 3.48. The molecule has 2 aromatic carbocycles. The molecule has 0 aliphatic carbocycles. The topological polar surface area (TPSA) is 88.6 Å². The second-order valence-electron chi connectivity index (χ2n) is 7.52. The first-order valence-corrected chi connectivity index (χ1v) is 11.0. The highest BCUT2D eigenvalue weighted by Crippen LogP contribution is 2.26. The van der Waals surface area contributed by atoms with Gasteiger partial charge >= 0.3 is 5.97 Å². The summed E-state index contributed by atoms with van der Waals surface area (Å²) in [4.78, 5) is 42.8. The number of fused-ring (bicyclic) bond motifs is 1. The van der Waals surface area contributed by atoms with E-state index in [1.165, 1.54) is 0 Å². The largest absolute Gasteiger partial charge is 0.455 e. The Hall–Kier alpha value is -3.26. The number of thiazole rings is 1. The van der Waals surface area contributed by atoms with Gasteiger partial charge < -0.3 is 15.0 Å². The van der Waals surface area contributed by atoms with Crippen molar-refractivity contribution < 1.29 is 19.1 Å². The number of benzene rings is 2. The van der Waals surface area contributed by atoms with E-state index < -0.39 is 11.9 Å². The van der Waals surface area contributed by atoms with Gasteiger partial charge in [-0.05, 0) is 31.2 Å². The van der Waals surface area contributed by atoms with E-state index in [1.54, 1.807) is 16.2 Å². The molecular formula is C23H23N3O4S. The first-order chi connectivity index (χ1) is 15.0. The van der Waals surface area contributed by atoms with Gasteiger partial charge in [0.15, 0.2) is 6.61 Å². The van der Waals surface area contributed by atoms with Gasteiger partial charge in [0, 0.05) is 31.6 Å². The van der Waals surface area contributed by atoms with Crippen molar-refractivity contribution in [3.05, 3.63) is 59.1 Å². The summed E-state index contributed by atoms with van der Waals surface area (Å²) in [5.41, 5.74) is 2.81. The first-order valence-electron chi connectivity index (χ1n) is 10.1. The minimum atomic E-state index is -0.565. The molecule has 2 heterocycles. The zero-order valence-electron chi connectivity index (χ0n) is 17.2. The molecule has 7 nitrogen and oxygen atoms in total. The standard InChI is InChI=1S/C23H23N3O4S/c1-15-6-8-17(9-7-15)26-13-16(12-22(26)28)23(29)30-14-20(27)24-11-10-21-25-18-4-2-3-5-19(18)31-21/h2-9,16H,10-14H2,1H3,(H,24,27). The zero-order valence-corrected chi connectivity index (χ0v) is 18.0. The predicted molar refractivity (Wildman–Crippen MR) is 119 cm³/mol. The lowest BCUT2D eigenvalue weighted by molar-refractivity contribution is -0.152. The zero-order chi connectivity index (χ0) is 21.8. The highest BCUT2D eigenvalue weighted by molar-refractivity contribution is 7.18. The molecule has 0 spiro atoms.